The zero-order valence-electron chi connectivity index (χ0n) is 20.7. The number of likely N-dealkylation sites (N-methyl/N-ethyl adjacent to an activating group) is 1. The fourth-order valence-corrected chi connectivity index (χ4v) is 5.40. The number of amides is 2. The maximum Gasteiger partial charge on any atom is 0.259 e. The molecule has 4 heterocycles. The number of H-pyrrole nitrogens is 1. The second kappa shape index (κ2) is 9.10. The third kappa shape index (κ3) is 3.78. The van der Waals surface area contributed by atoms with E-state index >= 15 is 0 Å². The molecular formula is C28H28N4O5. The molecule has 2 aliphatic rings. The van der Waals surface area contributed by atoms with Gasteiger partial charge in [-0.2, -0.15) is 0 Å². The minimum Gasteiger partial charge on any atom is -0.454 e. The van der Waals surface area contributed by atoms with Crippen LogP contribution in [-0.2, 0) is 16.1 Å². The van der Waals surface area contributed by atoms with Crippen LogP contribution in [-0.4, -0.2) is 63.9 Å². The number of hydrogen-bond donors (Lipinski definition) is 3. The van der Waals surface area contributed by atoms with E-state index in [2.05, 4.69) is 29.0 Å². The van der Waals surface area contributed by atoms with Crippen LogP contribution in [0, 0.1) is 0 Å². The van der Waals surface area contributed by atoms with Gasteiger partial charge >= 0.3 is 0 Å². The van der Waals surface area contributed by atoms with Gasteiger partial charge in [-0.1, -0.05) is 32.0 Å². The molecule has 0 aliphatic carbocycles. The Morgan fingerprint density at radius 3 is 2.57 bits per heavy atom. The van der Waals surface area contributed by atoms with E-state index < -0.39 is 17.9 Å². The highest BCUT2D eigenvalue weighted by atomic mass is 16.7. The number of benzene rings is 2. The Morgan fingerprint density at radius 2 is 1.78 bits per heavy atom. The lowest BCUT2D eigenvalue weighted by atomic mass is 9.95. The number of para-hydroxylation sites is 1. The molecule has 0 radical (unpaired) electrons. The number of aromatic nitrogens is 2. The number of ether oxygens (including phenoxy) is 2. The summed E-state index contributed by atoms with van der Waals surface area (Å²) in [6.07, 6.45) is 2.96. The van der Waals surface area contributed by atoms with Gasteiger partial charge in [0.05, 0.1) is 28.2 Å². The minimum absolute atomic E-state index is 0.0726. The number of hydrogen-bond acceptors (Lipinski definition) is 6. The number of carbonyl (C=O) groups excluding carboxylic acids is 2. The highest BCUT2D eigenvalue weighted by molar-refractivity contribution is 6.51. The molecule has 9 heteroatoms. The molecule has 0 spiro atoms. The van der Waals surface area contributed by atoms with E-state index in [0.29, 0.717) is 46.7 Å². The molecule has 0 saturated heterocycles. The highest BCUT2D eigenvalue weighted by Gasteiger charge is 2.36. The maximum atomic E-state index is 13.3. The van der Waals surface area contributed by atoms with E-state index in [1.54, 1.807) is 6.20 Å². The Labute approximate surface area is 213 Å². The van der Waals surface area contributed by atoms with Gasteiger partial charge in [-0.15, -0.1) is 0 Å². The average molecular weight is 501 g/mol. The van der Waals surface area contributed by atoms with Crippen LogP contribution in [0.1, 0.15) is 25.0 Å². The maximum absolute atomic E-state index is 13.3. The zero-order chi connectivity index (χ0) is 25.7. The van der Waals surface area contributed by atoms with Crippen molar-refractivity contribution >= 4 is 44.8 Å². The van der Waals surface area contributed by atoms with Crippen LogP contribution in [0.5, 0.6) is 11.5 Å². The van der Waals surface area contributed by atoms with E-state index in [1.807, 2.05) is 47.2 Å². The molecule has 2 amide bonds. The zero-order valence-corrected chi connectivity index (χ0v) is 20.7. The van der Waals surface area contributed by atoms with Crippen LogP contribution in [0.15, 0.2) is 48.8 Å². The van der Waals surface area contributed by atoms with Crippen LogP contribution < -0.4 is 14.8 Å². The number of nitrogens with one attached hydrogen (secondary N) is 2. The van der Waals surface area contributed by atoms with E-state index in [-0.39, 0.29) is 12.4 Å². The normalized spacial score (nSPS) is 16.0. The van der Waals surface area contributed by atoms with E-state index in [9.17, 15) is 14.7 Å². The lowest BCUT2D eigenvalue weighted by Gasteiger charge is -2.22. The first-order valence-corrected chi connectivity index (χ1v) is 12.5. The summed E-state index contributed by atoms with van der Waals surface area (Å²) in [7, 11) is 0. The van der Waals surface area contributed by atoms with Crippen LogP contribution in [0.25, 0.3) is 33.0 Å². The van der Waals surface area contributed by atoms with Gasteiger partial charge < -0.3 is 29.0 Å². The number of rotatable bonds is 8. The summed E-state index contributed by atoms with van der Waals surface area (Å²) >= 11 is 0. The molecule has 9 nitrogen and oxygen atoms in total. The van der Waals surface area contributed by atoms with Crippen molar-refractivity contribution in [1.82, 2.24) is 19.8 Å². The van der Waals surface area contributed by atoms with Crippen LogP contribution >= 0.6 is 0 Å². The van der Waals surface area contributed by atoms with E-state index in [4.69, 9.17) is 9.47 Å². The molecule has 2 aromatic heterocycles. The molecule has 2 aliphatic heterocycles. The van der Waals surface area contributed by atoms with Crippen molar-refractivity contribution in [2.75, 3.05) is 26.4 Å². The molecule has 190 valence electrons. The first-order valence-electron chi connectivity index (χ1n) is 12.5. The number of carbonyl (C=O) groups is 2. The Morgan fingerprint density at radius 1 is 1.03 bits per heavy atom. The fraction of sp³-hybridized carbons (Fsp3) is 0.286. The molecule has 0 saturated carbocycles. The van der Waals surface area contributed by atoms with Crippen LogP contribution in [0.3, 0.4) is 0 Å². The quantitative estimate of drug-likeness (QED) is 0.321. The topological polar surface area (TPSA) is 109 Å². The summed E-state index contributed by atoms with van der Waals surface area (Å²) in [5.41, 5.74) is 3.46. The van der Waals surface area contributed by atoms with Gasteiger partial charge in [0.2, 0.25) is 6.79 Å². The standard InChI is InChI=1S/C28H28N4O5/c1-3-31(4-2)12-16(33)13-32-14-19(23-21(32)9-10-22-26(23)37-15-36-22)25-24(27(34)30-28(25)35)18-11-29-20-8-6-5-7-17(18)20/h5-11,14,16,29,33H,3-4,12-13,15H2,1-2H3,(H,30,34,35). The molecule has 3 N–H and O–H groups in total. The molecule has 0 bridgehead atoms. The van der Waals surface area contributed by atoms with Crippen molar-refractivity contribution < 1.29 is 24.2 Å². The smallest absolute Gasteiger partial charge is 0.259 e. The van der Waals surface area contributed by atoms with Crippen molar-refractivity contribution in [2.45, 2.75) is 26.5 Å². The van der Waals surface area contributed by atoms with Crippen molar-refractivity contribution in [3.63, 3.8) is 0 Å². The Hall–Kier alpha value is -4.08. The van der Waals surface area contributed by atoms with Gasteiger partial charge in [0.25, 0.3) is 11.8 Å². The minimum atomic E-state index is -0.630. The molecule has 2 aromatic carbocycles. The average Bonchev–Trinajstić information content (AvgIpc) is 3.66. The Kier molecular flexibility index (Phi) is 5.73. The number of aromatic amines is 1. The molecule has 1 unspecified atom stereocenters. The van der Waals surface area contributed by atoms with Gasteiger partial charge in [-0.3, -0.25) is 14.9 Å². The number of nitrogens with zero attached hydrogens (tertiary/aromatic N) is 2. The SMILES string of the molecule is CCN(CC)CC(O)Cn1cc(C2=C(c3c[nH]c4ccccc34)C(=O)NC2=O)c2c3c(ccc21)OCO3. The van der Waals surface area contributed by atoms with Crippen molar-refractivity contribution in [2.24, 2.45) is 0 Å². The predicted molar refractivity (Wildman–Crippen MR) is 140 cm³/mol. The summed E-state index contributed by atoms with van der Waals surface area (Å²) in [5, 5.41) is 14.9. The number of imide groups is 1. The fourth-order valence-electron chi connectivity index (χ4n) is 5.40. The number of aliphatic hydroxyl groups excluding tert-OH is 1. The van der Waals surface area contributed by atoms with E-state index in [0.717, 1.165) is 29.5 Å². The van der Waals surface area contributed by atoms with Gasteiger partial charge in [0.15, 0.2) is 11.5 Å². The summed E-state index contributed by atoms with van der Waals surface area (Å²) in [4.78, 5) is 31.8. The van der Waals surface area contributed by atoms with Crippen molar-refractivity contribution in [3.8, 4) is 11.5 Å². The second-order valence-corrected chi connectivity index (χ2v) is 9.31. The van der Waals surface area contributed by atoms with Crippen molar-refractivity contribution in [1.29, 1.82) is 0 Å². The van der Waals surface area contributed by atoms with Crippen LogP contribution in [0.2, 0.25) is 0 Å². The van der Waals surface area contributed by atoms with E-state index in [1.165, 1.54) is 0 Å². The Balaban J connectivity index is 1.55. The molecule has 37 heavy (non-hydrogen) atoms. The van der Waals surface area contributed by atoms with Crippen molar-refractivity contribution in [3.05, 3.63) is 59.9 Å². The second-order valence-electron chi connectivity index (χ2n) is 9.31. The molecular weight excluding hydrogens is 472 g/mol. The molecule has 0 fully saturated rings. The summed E-state index contributed by atoms with van der Waals surface area (Å²) in [6.45, 7) is 6.72. The Bertz CT molecular complexity index is 1580. The van der Waals surface area contributed by atoms with Crippen LogP contribution in [0.4, 0.5) is 0 Å². The predicted octanol–water partition coefficient (Wildman–Crippen LogP) is 3.12. The lowest BCUT2D eigenvalue weighted by molar-refractivity contribution is -0.122. The summed E-state index contributed by atoms with van der Waals surface area (Å²) < 4.78 is 13.4. The largest absolute Gasteiger partial charge is 0.454 e. The summed E-state index contributed by atoms with van der Waals surface area (Å²) in [5.74, 6) is 0.193. The first kappa shape index (κ1) is 23.3. The highest BCUT2D eigenvalue weighted by Crippen LogP contribution is 2.46. The van der Waals surface area contributed by atoms with Gasteiger partial charge in [0, 0.05) is 47.5 Å². The third-order valence-corrected chi connectivity index (χ3v) is 7.21. The number of fused-ring (bicyclic) bond motifs is 4. The van der Waals surface area contributed by atoms with Gasteiger partial charge in [-0.25, -0.2) is 0 Å². The molecule has 1 atom stereocenters. The summed E-state index contributed by atoms with van der Waals surface area (Å²) in [6, 6.07) is 11.4. The first-order chi connectivity index (χ1) is 18.0. The van der Waals surface area contributed by atoms with Gasteiger partial charge in [0.1, 0.15) is 0 Å². The van der Waals surface area contributed by atoms with Gasteiger partial charge in [-0.05, 0) is 31.3 Å². The molecule has 4 aromatic rings. The molecule has 6 rings (SSSR count). The number of aliphatic hydroxyl groups is 1. The monoisotopic (exact) mass is 500 g/mol. The lowest BCUT2D eigenvalue weighted by Crippen LogP contribution is -2.34. The third-order valence-electron chi connectivity index (χ3n) is 7.21.